The third-order valence-electron chi connectivity index (χ3n) is 3.59. The highest BCUT2D eigenvalue weighted by molar-refractivity contribution is 5.68. The molecule has 1 atom stereocenters. The summed E-state index contributed by atoms with van der Waals surface area (Å²) in [6.07, 6.45) is 1.21. The molecule has 0 aliphatic carbocycles. The van der Waals surface area contributed by atoms with Gasteiger partial charge in [0.15, 0.2) is 0 Å². The summed E-state index contributed by atoms with van der Waals surface area (Å²) >= 11 is 0. The van der Waals surface area contributed by atoms with Crippen LogP contribution in [0.25, 0.3) is 0 Å². The first-order chi connectivity index (χ1) is 8.00. The molecular formula is C14H19NO2. The second kappa shape index (κ2) is 4.40. The number of benzene rings is 1. The van der Waals surface area contributed by atoms with E-state index in [9.17, 15) is 4.79 Å². The summed E-state index contributed by atoms with van der Waals surface area (Å²) in [6, 6.07) is 8.28. The fourth-order valence-electron chi connectivity index (χ4n) is 2.66. The van der Waals surface area contributed by atoms with Crippen LogP contribution in [-0.4, -0.2) is 24.2 Å². The van der Waals surface area contributed by atoms with E-state index in [1.54, 1.807) is 0 Å². The summed E-state index contributed by atoms with van der Waals surface area (Å²) < 4.78 is 0. The molecule has 0 spiro atoms. The molecule has 1 heterocycles. The Bertz CT molecular complexity index is 430. The number of hydrogen-bond donors (Lipinski definition) is 1. The Kier molecular flexibility index (Phi) is 3.09. The SMILES string of the molecule is Cc1ccccc1N1CCC(C)(CC(=O)O)C1. The monoisotopic (exact) mass is 233 g/mol. The molecule has 0 saturated carbocycles. The number of rotatable bonds is 3. The molecule has 0 amide bonds. The molecule has 17 heavy (non-hydrogen) atoms. The van der Waals surface area contributed by atoms with Crippen LogP contribution in [0.1, 0.15) is 25.3 Å². The van der Waals surface area contributed by atoms with E-state index in [1.807, 2.05) is 12.1 Å². The van der Waals surface area contributed by atoms with Gasteiger partial charge in [-0.25, -0.2) is 0 Å². The van der Waals surface area contributed by atoms with E-state index in [-0.39, 0.29) is 11.8 Å². The number of anilines is 1. The van der Waals surface area contributed by atoms with Crippen LogP contribution < -0.4 is 4.90 Å². The van der Waals surface area contributed by atoms with Crippen molar-refractivity contribution in [1.29, 1.82) is 0 Å². The molecule has 1 unspecified atom stereocenters. The van der Waals surface area contributed by atoms with E-state index >= 15 is 0 Å². The lowest BCUT2D eigenvalue weighted by atomic mass is 9.86. The van der Waals surface area contributed by atoms with Crippen LogP contribution in [0.5, 0.6) is 0 Å². The summed E-state index contributed by atoms with van der Waals surface area (Å²) in [5.74, 6) is -0.695. The number of carbonyl (C=O) groups is 1. The highest BCUT2D eigenvalue weighted by atomic mass is 16.4. The van der Waals surface area contributed by atoms with Crippen LogP contribution >= 0.6 is 0 Å². The van der Waals surface area contributed by atoms with Crippen molar-refractivity contribution in [3.05, 3.63) is 29.8 Å². The number of carboxylic acids is 1. The minimum atomic E-state index is -0.695. The number of aryl methyl sites for hydroxylation is 1. The van der Waals surface area contributed by atoms with Crippen LogP contribution in [0.15, 0.2) is 24.3 Å². The Balaban J connectivity index is 2.13. The Labute approximate surface area is 102 Å². The minimum absolute atomic E-state index is 0.0892. The molecule has 2 rings (SSSR count). The van der Waals surface area contributed by atoms with Crippen molar-refractivity contribution in [3.63, 3.8) is 0 Å². The van der Waals surface area contributed by atoms with Gasteiger partial charge < -0.3 is 10.0 Å². The van der Waals surface area contributed by atoms with Crippen LogP contribution in [0.4, 0.5) is 5.69 Å². The fraction of sp³-hybridized carbons (Fsp3) is 0.500. The van der Waals surface area contributed by atoms with Crippen molar-refractivity contribution in [1.82, 2.24) is 0 Å². The topological polar surface area (TPSA) is 40.5 Å². The van der Waals surface area contributed by atoms with Crippen molar-refractivity contribution >= 4 is 11.7 Å². The first-order valence-electron chi connectivity index (χ1n) is 6.03. The molecule has 0 radical (unpaired) electrons. The highest BCUT2D eigenvalue weighted by Crippen LogP contribution is 2.36. The molecule has 1 aromatic rings. The van der Waals surface area contributed by atoms with Gasteiger partial charge in [0.1, 0.15) is 0 Å². The second-order valence-corrected chi connectivity index (χ2v) is 5.34. The number of para-hydroxylation sites is 1. The molecule has 0 bridgehead atoms. The van der Waals surface area contributed by atoms with Crippen molar-refractivity contribution in [2.75, 3.05) is 18.0 Å². The maximum atomic E-state index is 10.9. The molecular weight excluding hydrogens is 214 g/mol. The van der Waals surface area contributed by atoms with Gasteiger partial charge >= 0.3 is 5.97 Å². The molecule has 1 aromatic carbocycles. The van der Waals surface area contributed by atoms with E-state index in [0.717, 1.165) is 19.5 Å². The van der Waals surface area contributed by atoms with Gasteiger partial charge in [-0.3, -0.25) is 4.79 Å². The number of nitrogens with zero attached hydrogens (tertiary/aromatic N) is 1. The Morgan fingerprint density at radius 1 is 1.47 bits per heavy atom. The Morgan fingerprint density at radius 3 is 2.82 bits per heavy atom. The predicted molar refractivity (Wildman–Crippen MR) is 68.4 cm³/mol. The van der Waals surface area contributed by atoms with E-state index in [0.29, 0.717) is 0 Å². The van der Waals surface area contributed by atoms with Crippen molar-refractivity contribution in [3.8, 4) is 0 Å². The normalized spacial score (nSPS) is 24.0. The molecule has 1 fully saturated rings. The number of aliphatic carboxylic acids is 1. The zero-order chi connectivity index (χ0) is 12.5. The highest BCUT2D eigenvalue weighted by Gasteiger charge is 2.36. The maximum absolute atomic E-state index is 10.9. The summed E-state index contributed by atoms with van der Waals surface area (Å²) in [5, 5.41) is 8.93. The van der Waals surface area contributed by atoms with Gasteiger partial charge in [-0.15, -0.1) is 0 Å². The lowest BCUT2D eigenvalue weighted by molar-refractivity contribution is -0.139. The van der Waals surface area contributed by atoms with Crippen molar-refractivity contribution in [2.45, 2.75) is 26.7 Å². The van der Waals surface area contributed by atoms with Crippen LogP contribution in [-0.2, 0) is 4.79 Å². The lowest BCUT2D eigenvalue weighted by Gasteiger charge is -2.25. The Morgan fingerprint density at radius 2 is 2.18 bits per heavy atom. The summed E-state index contributed by atoms with van der Waals surface area (Å²) in [5.41, 5.74) is 2.40. The number of hydrogen-bond acceptors (Lipinski definition) is 2. The van der Waals surface area contributed by atoms with Crippen molar-refractivity contribution in [2.24, 2.45) is 5.41 Å². The van der Waals surface area contributed by atoms with Crippen LogP contribution in [0, 0.1) is 12.3 Å². The van der Waals surface area contributed by atoms with Gasteiger partial charge in [0.25, 0.3) is 0 Å². The third kappa shape index (κ3) is 2.60. The third-order valence-corrected chi connectivity index (χ3v) is 3.59. The smallest absolute Gasteiger partial charge is 0.303 e. The van der Waals surface area contributed by atoms with E-state index in [4.69, 9.17) is 5.11 Å². The molecule has 0 aromatic heterocycles. The fourth-order valence-corrected chi connectivity index (χ4v) is 2.66. The van der Waals surface area contributed by atoms with Gasteiger partial charge in [0, 0.05) is 18.8 Å². The largest absolute Gasteiger partial charge is 0.481 e. The van der Waals surface area contributed by atoms with E-state index in [1.165, 1.54) is 11.3 Å². The Hall–Kier alpha value is -1.51. The molecule has 1 aliphatic rings. The van der Waals surface area contributed by atoms with Gasteiger partial charge in [0.2, 0.25) is 0 Å². The zero-order valence-electron chi connectivity index (χ0n) is 10.4. The molecule has 3 heteroatoms. The standard InChI is InChI=1S/C14H19NO2/c1-11-5-3-4-6-12(11)15-8-7-14(2,10-15)9-13(16)17/h3-6H,7-10H2,1-2H3,(H,16,17). The van der Waals surface area contributed by atoms with Crippen molar-refractivity contribution < 1.29 is 9.90 Å². The zero-order valence-corrected chi connectivity index (χ0v) is 10.4. The van der Waals surface area contributed by atoms with E-state index in [2.05, 4.69) is 30.9 Å². The maximum Gasteiger partial charge on any atom is 0.303 e. The lowest BCUT2D eigenvalue weighted by Crippen LogP contribution is -2.27. The average molecular weight is 233 g/mol. The molecule has 1 N–H and O–H groups in total. The average Bonchev–Trinajstić information content (AvgIpc) is 2.60. The first kappa shape index (κ1) is 12.0. The van der Waals surface area contributed by atoms with Gasteiger partial charge in [0.05, 0.1) is 6.42 Å². The molecule has 1 saturated heterocycles. The quantitative estimate of drug-likeness (QED) is 0.872. The molecule has 92 valence electrons. The van der Waals surface area contributed by atoms with Gasteiger partial charge in [-0.1, -0.05) is 25.1 Å². The second-order valence-electron chi connectivity index (χ2n) is 5.34. The first-order valence-corrected chi connectivity index (χ1v) is 6.03. The summed E-state index contributed by atoms with van der Waals surface area (Å²) in [6.45, 7) is 5.96. The minimum Gasteiger partial charge on any atom is -0.481 e. The van der Waals surface area contributed by atoms with Gasteiger partial charge in [-0.2, -0.15) is 0 Å². The summed E-state index contributed by atoms with van der Waals surface area (Å²) in [7, 11) is 0. The summed E-state index contributed by atoms with van der Waals surface area (Å²) in [4.78, 5) is 13.2. The van der Waals surface area contributed by atoms with Crippen LogP contribution in [0.3, 0.4) is 0 Å². The van der Waals surface area contributed by atoms with Gasteiger partial charge in [-0.05, 0) is 30.4 Å². The molecule has 3 nitrogen and oxygen atoms in total. The predicted octanol–water partition coefficient (Wildman–Crippen LogP) is 2.69. The van der Waals surface area contributed by atoms with E-state index < -0.39 is 5.97 Å². The number of carboxylic acid groups (broad SMARTS) is 1. The van der Waals surface area contributed by atoms with Crippen LogP contribution in [0.2, 0.25) is 0 Å². The molecule has 1 aliphatic heterocycles.